The lowest BCUT2D eigenvalue weighted by atomic mass is 9.92. The van der Waals surface area contributed by atoms with Crippen molar-refractivity contribution in [3.8, 4) is 0 Å². The van der Waals surface area contributed by atoms with Crippen molar-refractivity contribution in [3.05, 3.63) is 30.3 Å². The number of anilines is 1. The van der Waals surface area contributed by atoms with Crippen molar-refractivity contribution in [2.75, 3.05) is 5.32 Å². The van der Waals surface area contributed by atoms with Crippen LogP contribution in [-0.4, -0.2) is 12.0 Å². The molecule has 15 heavy (non-hydrogen) atoms. The predicted molar refractivity (Wildman–Crippen MR) is 57.3 cm³/mol. The van der Waals surface area contributed by atoms with Crippen LogP contribution < -0.4 is 5.32 Å². The molecule has 1 fully saturated rings. The molecule has 82 valence electrons. The van der Waals surface area contributed by atoms with Crippen molar-refractivity contribution < 1.29 is 8.78 Å². The van der Waals surface area contributed by atoms with E-state index in [2.05, 4.69) is 5.32 Å². The number of benzene rings is 1. The van der Waals surface area contributed by atoms with E-state index in [4.69, 9.17) is 0 Å². The molecule has 0 bridgehead atoms. The second-order valence-electron chi connectivity index (χ2n) is 4.14. The molecule has 1 nitrogen and oxygen atoms in total. The Morgan fingerprint density at radius 1 is 1.07 bits per heavy atom. The number of rotatable bonds is 2. The Balaban J connectivity index is 1.88. The maximum absolute atomic E-state index is 12.9. The van der Waals surface area contributed by atoms with Crippen LogP contribution in [0, 0.1) is 0 Å². The topological polar surface area (TPSA) is 12.0 Å². The third-order valence-corrected chi connectivity index (χ3v) is 2.86. The quantitative estimate of drug-likeness (QED) is 0.786. The summed E-state index contributed by atoms with van der Waals surface area (Å²) < 4.78 is 25.8. The molecule has 1 saturated carbocycles. The van der Waals surface area contributed by atoms with Gasteiger partial charge < -0.3 is 5.32 Å². The number of nitrogens with one attached hydrogen (secondary N) is 1. The monoisotopic (exact) mass is 211 g/mol. The molecule has 0 aromatic heterocycles. The first-order chi connectivity index (χ1) is 7.16. The smallest absolute Gasteiger partial charge is 0.248 e. The maximum Gasteiger partial charge on any atom is 0.248 e. The Morgan fingerprint density at radius 2 is 1.67 bits per heavy atom. The van der Waals surface area contributed by atoms with Crippen LogP contribution >= 0.6 is 0 Å². The molecule has 0 unspecified atom stereocenters. The Hall–Kier alpha value is -1.12. The van der Waals surface area contributed by atoms with Crippen molar-refractivity contribution >= 4 is 5.69 Å². The van der Waals surface area contributed by atoms with Crippen molar-refractivity contribution in [1.82, 2.24) is 0 Å². The molecule has 0 radical (unpaired) electrons. The zero-order valence-corrected chi connectivity index (χ0v) is 8.55. The van der Waals surface area contributed by atoms with Crippen molar-refractivity contribution in [1.29, 1.82) is 0 Å². The third-order valence-electron chi connectivity index (χ3n) is 2.86. The molecule has 1 N–H and O–H groups in total. The Bertz CT molecular complexity index is 301. The summed E-state index contributed by atoms with van der Waals surface area (Å²) in [7, 11) is 0. The SMILES string of the molecule is FC1(F)CCC(Nc2ccccc2)CC1. The second-order valence-corrected chi connectivity index (χ2v) is 4.14. The Labute approximate surface area is 88.5 Å². The van der Waals surface area contributed by atoms with Gasteiger partial charge in [-0.15, -0.1) is 0 Å². The summed E-state index contributed by atoms with van der Waals surface area (Å²) in [5.74, 6) is -2.44. The van der Waals surface area contributed by atoms with Gasteiger partial charge in [0, 0.05) is 24.6 Å². The molecule has 1 aliphatic rings. The molecule has 2 rings (SSSR count). The van der Waals surface area contributed by atoms with E-state index in [9.17, 15) is 8.78 Å². The standard InChI is InChI=1S/C12H15F2N/c13-12(14)8-6-11(7-9-12)15-10-4-2-1-3-5-10/h1-5,11,15H,6-9H2. The van der Waals surface area contributed by atoms with Gasteiger partial charge in [-0.05, 0) is 25.0 Å². The highest BCUT2D eigenvalue weighted by Crippen LogP contribution is 2.34. The van der Waals surface area contributed by atoms with E-state index in [0.717, 1.165) is 5.69 Å². The predicted octanol–water partition coefficient (Wildman–Crippen LogP) is 3.68. The van der Waals surface area contributed by atoms with Crippen LogP contribution in [0.2, 0.25) is 0 Å². The van der Waals surface area contributed by atoms with Crippen LogP contribution in [-0.2, 0) is 0 Å². The lowest BCUT2D eigenvalue weighted by molar-refractivity contribution is -0.0360. The van der Waals surface area contributed by atoms with Crippen LogP contribution in [0.3, 0.4) is 0 Å². The molecule has 0 atom stereocenters. The largest absolute Gasteiger partial charge is 0.382 e. The van der Waals surface area contributed by atoms with Crippen LogP contribution in [0.1, 0.15) is 25.7 Å². The molecule has 0 aliphatic heterocycles. The normalized spacial score (nSPS) is 21.2. The van der Waals surface area contributed by atoms with Gasteiger partial charge >= 0.3 is 0 Å². The molecule has 0 spiro atoms. The summed E-state index contributed by atoms with van der Waals surface area (Å²) in [6.45, 7) is 0. The zero-order valence-electron chi connectivity index (χ0n) is 8.55. The first kappa shape index (κ1) is 10.4. The van der Waals surface area contributed by atoms with Gasteiger partial charge in [0.25, 0.3) is 0 Å². The van der Waals surface area contributed by atoms with E-state index in [1.165, 1.54) is 0 Å². The first-order valence-corrected chi connectivity index (χ1v) is 5.35. The van der Waals surface area contributed by atoms with Crippen molar-refractivity contribution in [3.63, 3.8) is 0 Å². The maximum atomic E-state index is 12.9. The molecular weight excluding hydrogens is 196 g/mol. The van der Waals surface area contributed by atoms with Gasteiger partial charge in [-0.3, -0.25) is 0 Å². The molecule has 0 heterocycles. The number of alkyl halides is 2. The highest BCUT2D eigenvalue weighted by atomic mass is 19.3. The van der Waals surface area contributed by atoms with E-state index < -0.39 is 5.92 Å². The van der Waals surface area contributed by atoms with Crippen molar-refractivity contribution in [2.45, 2.75) is 37.6 Å². The minimum absolute atomic E-state index is 0.0114. The molecule has 1 aromatic rings. The van der Waals surface area contributed by atoms with Crippen LogP contribution in [0.4, 0.5) is 14.5 Å². The van der Waals surface area contributed by atoms with Crippen LogP contribution in [0.25, 0.3) is 0 Å². The molecule has 3 heteroatoms. The summed E-state index contributed by atoms with van der Waals surface area (Å²) in [6.07, 6.45) is 1.14. The van der Waals surface area contributed by atoms with Gasteiger partial charge in [-0.1, -0.05) is 18.2 Å². The average molecular weight is 211 g/mol. The number of hydrogen-bond donors (Lipinski definition) is 1. The minimum Gasteiger partial charge on any atom is -0.382 e. The summed E-state index contributed by atoms with van der Waals surface area (Å²) in [5.41, 5.74) is 1.02. The summed E-state index contributed by atoms with van der Waals surface area (Å²) in [4.78, 5) is 0. The fraction of sp³-hybridized carbons (Fsp3) is 0.500. The lowest BCUT2D eigenvalue weighted by Gasteiger charge is -2.29. The summed E-state index contributed by atoms with van der Waals surface area (Å²) >= 11 is 0. The van der Waals surface area contributed by atoms with E-state index in [1.54, 1.807) is 0 Å². The Kier molecular flexibility index (Phi) is 2.89. The van der Waals surface area contributed by atoms with Gasteiger partial charge in [0.15, 0.2) is 0 Å². The third kappa shape index (κ3) is 2.91. The average Bonchev–Trinajstić information content (AvgIpc) is 2.23. The van der Waals surface area contributed by atoms with Crippen LogP contribution in [0.5, 0.6) is 0 Å². The van der Waals surface area contributed by atoms with E-state index in [-0.39, 0.29) is 18.9 Å². The second kappa shape index (κ2) is 4.17. The zero-order chi connectivity index (χ0) is 10.7. The minimum atomic E-state index is -2.44. The highest BCUT2D eigenvalue weighted by molar-refractivity contribution is 5.43. The van der Waals surface area contributed by atoms with E-state index >= 15 is 0 Å². The fourth-order valence-electron chi connectivity index (χ4n) is 1.95. The number of hydrogen-bond acceptors (Lipinski definition) is 1. The van der Waals surface area contributed by atoms with Gasteiger partial charge in [-0.25, -0.2) is 8.78 Å². The van der Waals surface area contributed by atoms with Gasteiger partial charge in [0.1, 0.15) is 0 Å². The Morgan fingerprint density at radius 3 is 2.27 bits per heavy atom. The van der Waals surface area contributed by atoms with Gasteiger partial charge in [0.05, 0.1) is 0 Å². The molecule has 1 aliphatic carbocycles. The molecular formula is C12H15F2N. The van der Waals surface area contributed by atoms with E-state index in [0.29, 0.717) is 12.8 Å². The van der Waals surface area contributed by atoms with Gasteiger partial charge in [-0.2, -0.15) is 0 Å². The molecule has 0 amide bonds. The number of para-hydroxylation sites is 1. The van der Waals surface area contributed by atoms with Crippen LogP contribution in [0.15, 0.2) is 30.3 Å². The highest BCUT2D eigenvalue weighted by Gasteiger charge is 2.34. The lowest BCUT2D eigenvalue weighted by Crippen LogP contribution is -2.31. The summed E-state index contributed by atoms with van der Waals surface area (Å²) in [6, 6.07) is 9.96. The first-order valence-electron chi connectivity index (χ1n) is 5.35. The number of halogens is 2. The van der Waals surface area contributed by atoms with Gasteiger partial charge in [0.2, 0.25) is 5.92 Å². The molecule has 1 aromatic carbocycles. The van der Waals surface area contributed by atoms with Crippen molar-refractivity contribution in [2.24, 2.45) is 0 Å². The summed E-state index contributed by atoms with van der Waals surface area (Å²) in [5, 5.41) is 3.29. The fourth-order valence-corrected chi connectivity index (χ4v) is 1.95. The molecule has 0 saturated heterocycles. The van der Waals surface area contributed by atoms with E-state index in [1.807, 2.05) is 30.3 Å².